The van der Waals surface area contributed by atoms with Crippen molar-refractivity contribution in [2.75, 3.05) is 33.2 Å². The van der Waals surface area contributed by atoms with Crippen molar-refractivity contribution >= 4 is 0 Å². The van der Waals surface area contributed by atoms with Gasteiger partial charge in [0.1, 0.15) is 6.04 Å². The largest absolute Gasteiger partial charge is 0.337 e. The Morgan fingerprint density at radius 3 is 2.46 bits per heavy atom. The molecular weight excluding hydrogens is 300 g/mol. The highest BCUT2D eigenvalue weighted by Crippen LogP contribution is 2.34. The summed E-state index contributed by atoms with van der Waals surface area (Å²) in [5.74, 6) is 2.16. The third-order valence-electron chi connectivity index (χ3n) is 5.43. The summed E-state index contributed by atoms with van der Waals surface area (Å²) in [5.41, 5.74) is 1.24. The lowest BCUT2D eigenvalue weighted by Crippen LogP contribution is -2.46. The molecule has 1 aliphatic carbocycles. The van der Waals surface area contributed by atoms with Gasteiger partial charge in [-0.25, -0.2) is 0 Å². The van der Waals surface area contributed by atoms with Crippen molar-refractivity contribution in [1.29, 1.82) is 0 Å². The number of aromatic nitrogens is 2. The second-order valence-corrected chi connectivity index (χ2v) is 7.12. The Morgan fingerprint density at radius 2 is 1.75 bits per heavy atom. The van der Waals surface area contributed by atoms with Gasteiger partial charge in [-0.1, -0.05) is 48.3 Å². The molecule has 5 heteroatoms. The lowest BCUT2D eigenvalue weighted by atomic mass is 10.0. The van der Waals surface area contributed by atoms with Gasteiger partial charge in [-0.2, -0.15) is 4.98 Å². The van der Waals surface area contributed by atoms with E-state index < -0.39 is 0 Å². The summed E-state index contributed by atoms with van der Waals surface area (Å²) in [5, 5.41) is 4.33. The number of piperazine rings is 1. The molecule has 0 N–H and O–H groups in total. The maximum Gasteiger partial charge on any atom is 0.248 e. The number of nitrogens with zero attached hydrogens (tertiary/aromatic N) is 4. The van der Waals surface area contributed by atoms with Crippen molar-refractivity contribution in [1.82, 2.24) is 19.9 Å². The van der Waals surface area contributed by atoms with Gasteiger partial charge in [-0.3, -0.25) is 4.90 Å². The molecule has 2 heterocycles. The van der Waals surface area contributed by atoms with E-state index in [1.165, 1.54) is 31.2 Å². The van der Waals surface area contributed by atoms with Gasteiger partial charge < -0.3 is 9.42 Å². The first-order chi connectivity index (χ1) is 11.8. The molecule has 128 valence electrons. The van der Waals surface area contributed by atoms with E-state index in [1.54, 1.807) is 0 Å². The molecule has 1 unspecified atom stereocenters. The minimum atomic E-state index is 0.0718. The summed E-state index contributed by atoms with van der Waals surface area (Å²) >= 11 is 0. The zero-order chi connectivity index (χ0) is 16.4. The summed E-state index contributed by atoms with van der Waals surface area (Å²) in [7, 11) is 2.18. The number of rotatable bonds is 4. The third-order valence-corrected chi connectivity index (χ3v) is 5.43. The van der Waals surface area contributed by atoms with Gasteiger partial charge >= 0.3 is 0 Å². The van der Waals surface area contributed by atoms with E-state index in [0.29, 0.717) is 5.92 Å². The van der Waals surface area contributed by atoms with Crippen LogP contribution in [0.4, 0.5) is 0 Å². The lowest BCUT2D eigenvalue weighted by molar-refractivity contribution is 0.111. The van der Waals surface area contributed by atoms with Crippen molar-refractivity contribution in [3.8, 4) is 0 Å². The Bertz CT molecular complexity index is 642. The molecule has 0 spiro atoms. The Balaban J connectivity index is 1.62. The van der Waals surface area contributed by atoms with E-state index in [2.05, 4.69) is 52.3 Å². The summed E-state index contributed by atoms with van der Waals surface area (Å²) in [4.78, 5) is 9.67. The zero-order valence-electron chi connectivity index (χ0n) is 14.4. The third kappa shape index (κ3) is 3.23. The molecule has 4 rings (SSSR count). The molecule has 2 fully saturated rings. The molecule has 2 aliphatic rings. The molecule has 0 amide bonds. The van der Waals surface area contributed by atoms with Gasteiger partial charge in [0.2, 0.25) is 5.89 Å². The minimum Gasteiger partial charge on any atom is -0.337 e. The summed E-state index contributed by atoms with van der Waals surface area (Å²) in [6, 6.07) is 10.6. The topological polar surface area (TPSA) is 45.4 Å². The smallest absolute Gasteiger partial charge is 0.248 e. The average molecular weight is 326 g/mol. The molecule has 5 nitrogen and oxygen atoms in total. The Morgan fingerprint density at radius 1 is 1.04 bits per heavy atom. The predicted molar refractivity (Wildman–Crippen MR) is 92.9 cm³/mol. The fourth-order valence-electron chi connectivity index (χ4n) is 3.93. The quantitative estimate of drug-likeness (QED) is 0.864. The van der Waals surface area contributed by atoms with Gasteiger partial charge in [0.05, 0.1) is 0 Å². The highest BCUT2D eigenvalue weighted by Gasteiger charge is 2.31. The Hall–Kier alpha value is -1.72. The number of benzene rings is 1. The first kappa shape index (κ1) is 15.8. The molecule has 1 saturated carbocycles. The van der Waals surface area contributed by atoms with Crippen LogP contribution in [-0.2, 0) is 0 Å². The van der Waals surface area contributed by atoms with Crippen LogP contribution in [0.25, 0.3) is 0 Å². The monoisotopic (exact) mass is 326 g/mol. The molecular formula is C19H26N4O. The van der Waals surface area contributed by atoms with E-state index in [9.17, 15) is 0 Å². The molecule has 1 aromatic carbocycles. The fraction of sp³-hybridized carbons (Fsp3) is 0.579. The summed E-state index contributed by atoms with van der Waals surface area (Å²) in [6.45, 7) is 4.20. The van der Waals surface area contributed by atoms with E-state index >= 15 is 0 Å². The van der Waals surface area contributed by atoms with Crippen LogP contribution >= 0.6 is 0 Å². The molecule has 2 aromatic rings. The van der Waals surface area contributed by atoms with Crippen LogP contribution in [0.15, 0.2) is 34.9 Å². The Kier molecular flexibility index (Phi) is 4.63. The van der Waals surface area contributed by atoms with Crippen molar-refractivity contribution in [3.05, 3.63) is 47.6 Å². The van der Waals surface area contributed by atoms with Gasteiger partial charge in [0.15, 0.2) is 5.82 Å². The summed E-state index contributed by atoms with van der Waals surface area (Å²) in [6.07, 6.45) is 4.97. The minimum absolute atomic E-state index is 0.0718. The van der Waals surface area contributed by atoms with E-state index in [4.69, 9.17) is 9.51 Å². The maximum atomic E-state index is 5.76. The van der Waals surface area contributed by atoms with Crippen molar-refractivity contribution in [2.45, 2.75) is 37.6 Å². The van der Waals surface area contributed by atoms with Crippen LogP contribution in [0.1, 0.15) is 54.9 Å². The number of likely N-dealkylation sites (N-methyl/N-ethyl adjacent to an activating group) is 1. The van der Waals surface area contributed by atoms with Crippen molar-refractivity contribution in [3.63, 3.8) is 0 Å². The Labute approximate surface area is 143 Å². The number of hydrogen-bond donors (Lipinski definition) is 0. The highest BCUT2D eigenvalue weighted by molar-refractivity contribution is 5.24. The van der Waals surface area contributed by atoms with Gasteiger partial charge in [-0.05, 0) is 25.5 Å². The van der Waals surface area contributed by atoms with Gasteiger partial charge in [0.25, 0.3) is 0 Å². The van der Waals surface area contributed by atoms with Crippen LogP contribution < -0.4 is 0 Å². The zero-order valence-corrected chi connectivity index (χ0v) is 14.4. The first-order valence-corrected chi connectivity index (χ1v) is 9.12. The standard InChI is InChI=1S/C19H26N4O/c1-22-11-13-23(14-12-22)17(15-7-3-2-4-8-15)19-20-18(21-24-19)16-9-5-6-10-16/h2-4,7-8,16-17H,5-6,9-14H2,1H3. The summed E-state index contributed by atoms with van der Waals surface area (Å²) < 4.78 is 5.76. The SMILES string of the molecule is CN1CCN(C(c2ccccc2)c2nc(C3CCCC3)no2)CC1. The highest BCUT2D eigenvalue weighted by atomic mass is 16.5. The fourth-order valence-corrected chi connectivity index (χ4v) is 3.93. The maximum absolute atomic E-state index is 5.76. The first-order valence-electron chi connectivity index (χ1n) is 9.12. The second-order valence-electron chi connectivity index (χ2n) is 7.12. The normalized spacial score (nSPS) is 22.0. The van der Waals surface area contributed by atoms with Gasteiger partial charge in [-0.15, -0.1) is 0 Å². The average Bonchev–Trinajstić information content (AvgIpc) is 3.29. The van der Waals surface area contributed by atoms with Crippen LogP contribution in [-0.4, -0.2) is 53.2 Å². The van der Waals surface area contributed by atoms with E-state index in [0.717, 1.165) is 37.9 Å². The second kappa shape index (κ2) is 7.03. The number of hydrogen-bond acceptors (Lipinski definition) is 5. The molecule has 0 bridgehead atoms. The molecule has 0 radical (unpaired) electrons. The van der Waals surface area contributed by atoms with Crippen molar-refractivity contribution in [2.24, 2.45) is 0 Å². The van der Waals surface area contributed by atoms with E-state index in [-0.39, 0.29) is 6.04 Å². The van der Waals surface area contributed by atoms with Crippen LogP contribution in [0.2, 0.25) is 0 Å². The molecule has 1 atom stereocenters. The van der Waals surface area contributed by atoms with E-state index in [1.807, 2.05) is 0 Å². The molecule has 1 aliphatic heterocycles. The van der Waals surface area contributed by atoms with Crippen LogP contribution in [0, 0.1) is 0 Å². The van der Waals surface area contributed by atoms with Gasteiger partial charge in [0, 0.05) is 32.1 Å². The van der Waals surface area contributed by atoms with Crippen molar-refractivity contribution < 1.29 is 4.52 Å². The lowest BCUT2D eigenvalue weighted by Gasteiger charge is -2.36. The molecule has 1 saturated heterocycles. The molecule has 24 heavy (non-hydrogen) atoms. The van der Waals surface area contributed by atoms with Crippen LogP contribution in [0.5, 0.6) is 0 Å². The molecule has 1 aromatic heterocycles. The van der Waals surface area contributed by atoms with Crippen LogP contribution in [0.3, 0.4) is 0 Å². The predicted octanol–water partition coefficient (Wildman–Crippen LogP) is 3.06.